The van der Waals surface area contributed by atoms with E-state index in [1.165, 1.54) is 0 Å². The van der Waals surface area contributed by atoms with Crippen molar-refractivity contribution in [1.82, 2.24) is 5.32 Å². The second kappa shape index (κ2) is 7.60. The summed E-state index contributed by atoms with van der Waals surface area (Å²) >= 11 is 0. The van der Waals surface area contributed by atoms with Crippen LogP contribution in [0.2, 0.25) is 0 Å². The van der Waals surface area contributed by atoms with Gasteiger partial charge in [-0.3, -0.25) is 4.79 Å². The van der Waals surface area contributed by atoms with E-state index >= 15 is 0 Å². The van der Waals surface area contributed by atoms with Gasteiger partial charge in [-0.2, -0.15) is 0 Å². The van der Waals surface area contributed by atoms with Crippen LogP contribution in [0.1, 0.15) is 48.2 Å². The highest BCUT2D eigenvalue weighted by molar-refractivity contribution is 5.97. The summed E-state index contributed by atoms with van der Waals surface area (Å²) in [6, 6.07) is 5.84. The Kier molecular flexibility index (Phi) is 6.11. The summed E-state index contributed by atoms with van der Waals surface area (Å²) in [6.45, 7) is 6.39. The maximum absolute atomic E-state index is 12.2. The van der Waals surface area contributed by atoms with E-state index < -0.39 is 0 Å². The Morgan fingerprint density at radius 3 is 2.84 bits per heavy atom. The molecule has 0 saturated heterocycles. The Hall–Kier alpha value is -1.79. The molecule has 3 nitrogen and oxygen atoms in total. The standard InChI is InChI=1S/C16H22N2O/c1-4-6-13(3)18-16(19)15-9-8-12(2)11-14(15)7-5-10-17/h8-9,11,13H,4,6,10,17H2,1-3H3,(H,18,19). The average molecular weight is 258 g/mol. The molecule has 0 aromatic heterocycles. The fourth-order valence-corrected chi connectivity index (χ4v) is 1.91. The van der Waals surface area contributed by atoms with Gasteiger partial charge in [-0.05, 0) is 38.0 Å². The fraction of sp³-hybridized carbons (Fsp3) is 0.438. The molecule has 1 aromatic rings. The van der Waals surface area contributed by atoms with Crippen LogP contribution in [0.15, 0.2) is 18.2 Å². The zero-order chi connectivity index (χ0) is 14.3. The molecule has 1 unspecified atom stereocenters. The van der Waals surface area contributed by atoms with Gasteiger partial charge >= 0.3 is 0 Å². The van der Waals surface area contributed by atoms with Crippen LogP contribution in [0.3, 0.4) is 0 Å². The lowest BCUT2D eigenvalue weighted by Gasteiger charge is -2.13. The van der Waals surface area contributed by atoms with Crippen molar-refractivity contribution in [3.63, 3.8) is 0 Å². The maximum atomic E-state index is 12.2. The third kappa shape index (κ3) is 4.76. The predicted octanol–water partition coefficient (Wildman–Crippen LogP) is 2.22. The van der Waals surface area contributed by atoms with Gasteiger partial charge in [-0.1, -0.05) is 31.3 Å². The molecule has 0 aliphatic rings. The zero-order valence-electron chi connectivity index (χ0n) is 11.9. The average Bonchev–Trinajstić information content (AvgIpc) is 2.36. The van der Waals surface area contributed by atoms with Crippen LogP contribution >= 0.6 is 0 Å². The summed E-state index contributed by atoms with van der Waals surface area (Å²) in [5.74, 6) is 5.70. The predicted molar refractivity (Wildman–Crippen MR) is 78.9 cm³/mol. The van der Waals surface area contributed by atoms with Gasteiger partial charge in [0.15, 0.2) is 0 Å². The van der Waals surface area contributed by atoms with Gasteiger partial charge in [-0.15, -0.1) is 0 Å². The number of amides is 1. The first-order valence-electron chi connectivity index (χ1n) is 6.69. The lowest BCUT2D eigenvalue weighted by atomic mass is 10.0. The molecule has 0 aliphatic carbocycles. The number of rotatable bonds is 4. The van der Waals surface area contributed by atoms with Crippen molar-refractivity contribution in [1.29, 1.82) is 0 Å². The molecule has 0 aliphatic heterocycles. The Morgan fingerprint density at radius 1 is 1.47 bits per heavy atom. The van der Waals surface area contributed by atoms with Gasteiger partial charge in [0.25, 0.3) is 5.91 Å². The lowest BCUT2D eigenvalue weighted by molar-refractivity contribution is 0.0938. The number of carbonyl (C=O) groups is 1. The third-order valence-electron chi connectivity index (χ3n) is 2.84. The highest BCUT2D eigenvalue weighted by Crippen LogP contribution is 2.11. The molecular formula is C16H22N2O. The second-order valence-corrected chi connectivity index (χ2v) is 4.72. The molecule has 102 valence electrons. The number of benzene rings is 1. The van der Waals surface area contributed by atoms with Crippen LogP contribution in [-0.2, 0) is 0 Å². The molecule has 0 saturated carbocycles. The molecule has 0 fully saturated rings. The van der Waals surface area contributed by atoms with Crippen LogP contribution in [0, 0.1) is 18.8 Å². The molecular weight excluding hydrogens is 236 g/mol. The summed E-state index contributed by atoms with van der Waals surface area (Å²) in [5, 5.41) is 3.00. The van der Waals surface area contributed by atoms with Crippen LogP contribution in [0.25, 0.3) is 0 Å². The van der Waals surface area contributed by atoms with E-state index in [0.29, 0.717) is 12.1 Å². The molecule has 1 amide bonds. The van der Waals surface area contributed by atoms with Gasteiger partial charge in [0, 0.05) is 11.6 Å². The van der Waals surface area contributed by atoms with Crippen LogP contribution in [0.4, 0.5) is 0 Å². The first-order chi connectivity index (χ1) is 9.08. The van der Waals surface area contributed by atoms with Crippen molar-refractivity contribution >= 4 is 5.91 Å². The van der Waals surface area contributed by atoms with Crippen molar-refractivity contribution in [2.24, 2.45) is 5.73 Å². The van der Waals surface area contributed by atoms with Gasteiger partial charge in [-0.25, -0.2) is 0 Å². The third-order valence-corrected chi connectivity index (χ3v) is 2.84. The molecule has 3 N–H and O–H groups in total. The Bertz CT molecular complexity index is 497. The minimum absolute atomic E-state index is 0.0673. The van der Waals surface area contributed by atoms with E-state index in [2.05, 4.69) is 24.1 Å². The van der Waals surface area contributed by atoms with Gasteiger partial charge in [0.05, 0.1) is 12.1 Å². The molecule has 0 heterocycles. The Morgan fingerprint density at radius 2 is 2.21 bits per heavy atom. The van der Waals surface area contributed by atoms with Crippen molar-refractivity contribution in [2.75, 3.05) is 6.54 Å². The van der Waals surface area contributed by atoms with Crippen LogP contribution in [0.5, 0.6) is 0 Å². The van der Waals surface area contributed by atoms with Gasteiger partial charge < -0.3 is 11.1 Å². The number of nitrogens with two attached hydrogens (primary N) is 1. The number of aryl methyl sites for hydroxylation is 1. The van der Waals surface area contributed by atoms with Gasteiger partial charge in [0.2, 0.25) is 0 Å². The second-order valence-electron chi connectivity index (χ2n) is 4.72. The van der Waals surface area contributed by atoms with E-state index in [1.54, 1.807) is 0 Å². The van der Waals surface area contributed by atoms with E-state index in [0.717, 1.165) is 24.0 Å². The van der Waals surface area contributed by atoms with Crippen LogP contribution < -0.4 is 11.1 Å². The number of hydrogen-bond acceptors (Lipinski definition) is 2. The van der Waals surface area contributed by atoms with Crippen molar-refractivity contribution in [3.8, 4) is 11.8 Å². The molecule has 0 radical (unpaired) electrons. The van der Waals surface area contributed by atoms with Crippen molar-refractivity contribution in [3.05, 3.63) is 34.9 Å². The summed E-state index contributed by atoms with van der Waals surface area (Å²) in [5.41, 5.74) is 7.83. The normalized spacial score (nSPS) is 11.4. The Balaban J connectivity index is 2.95. The lowest BCUT2D eigenvalue weighted by Crippen LogP contribution is -2.32. The highest BCUT2D eigenvalue weighted by Gasteiger charge is 2.12. The maximum Gasteiger partial charge on any atom is 0.252 e. The molecule has 1 aromatic carbocycles. The number of nitrogens with one attached hydrogen (secondary N) is 1. The van der Waals surface area contributed by atoms with E-state index in [1.807, 2.05) is 32.0 Å². The highest BCUT2D eigenvalue weighted by atomic mass is 16.1. The molecule has 1 atom stereocenters. The van der Waals surface area contributed by atoms with E-state index in [-0.39, 0.29) is 11.9 Å². The summed E-state index contributed by atoms with van der Waals surface area (Å²) in [6.07, 6.45) is 2.02. The van der Waals surface area contributed by atoms with Crippen LogP contribution in [-0.4, -0.2) is 18.5 Å². The van der Waals surface area contributed by atoms with E-state index in [9.17, 15) is 4.79 Å². The number of carbonyl (C=O) groups excluding carboxylic acids is 1. The Labute approximate surface area is 115 Å². The minimum atomic E-state index is -0.0673. The zero-order valence-corrected chi connectivity index (χ0v) is 11.9. The smallest absolute Gasteiger partial charge is 0.252 e. The van der Waals surface area contributed by atoms with Crippen molar-refractivity contribution < 1.29 is 4.79 Å². The quantitative estimate of drug-likeness (QED) is 0.814. The minimum Gasteiger partial charge on any atom is -0.350 e. The molecule has 0 bridgehead atoms. The topological polar surface area (TPSA) is 55.1 Å². The first kappa shape index (κ1) is 15.3. The fourth-order valence-electron chi connectivity index (χ4n) is 1.91. The summed E-state index contributed by atoms with van der Waals surface area (Å²) in [7, 11) is 0. The SMILES string of the molecule is CCCC(C)NC(=O)c1ccc(C)cc1C#CCN. The molecule has 1 rings (SSSR count). The summed E-state index contributed by atoms with van der Waals surface area (Å²) < 4.78 is 0. The molecule has 0 spiro atoms. The first-order valence-corrected chi connectivity index (χ1v) is 6.69. The molecule has 19 heavy (non-hydrogen) atoms. The monoisotopic (exact) mass is 258 g/mol. The summed E-state index contributed by atoms with van der Waals surface area (Å²) in [4.78, 5) is 12.2. The number of hydrogen-bond donors (Lipinski definition) is 2. The van der Waals surface area contributed by atoms with E-state index in [4.69, 9.17) is 5.73 Å². The van der Waals surface area contributed by atoms with Crippen molar-refractivity contribution in [2.45, 2.75) is 39.7 Å². The molecule has 3 heteroatoms. The van der Waals surface area contributed by atoms with Gasteiger partial charge in [0.1, 0.15) is 0 Å². The largest absolute Gasteiger partial charge is 0.350 e.